The summed E-state index contributed by atoms with van der Waals surface area (Å²) in [5.74, 6) is 0.763. The smallest absolute Gasteiger partial charge is 0.171 e. The van der Waals surface area contributed by atoms with Crippen LogP contribution in [0, 0.1) is 0 Å². The maximum atomic E-state index is 5.23. The predicted molar refractivity (Wildman–Crippen MR) is 99.8 cm³/mol. The molecule has 1 aromatic heterocycles. The minimum absolute atomic E-state index is 0.613. The van der Waals surface area contributed by atoms with Crippen molar-refractivity contribution in [1.82, 2.24) is 15.1 Å². The lowest BCUT2D eigenvalue weighted by atomic mass is 10.0. The summed E-state index contributed by atoms with van der Waals surface area (Å²) >= 11 is 5.23. The Morgan fingerprint density at radius 1 is 1.13 bits per heavy atom. The molecule has 0 unspecified atom stereocenters. The molecular weight excluding hydrogens is 304 g/mol. The fourth-order valence-corrected chi connectivity index (χ4v) is 2.73. The number of thiocarbonyl (C=S) groups is 1. The Morgan fingerprint density at radius 3 is 2.83 bits per heavy atom. The van der Waals surface area contributed by atoms with Crippen LogP contribution in [0.3, 0.4) is 0 Å². The van der Waals surface area contributed by atoms with Crippen molar-refractivity contribution in [3.63, 3.8) is 0 Å². The average molecular weight is 324 g/mol. The summed E-state index contributed by atoms with van der Waals surface area (Å²) in [6.45, 7) is 3.70. The molecule has 118 valence electrons. The number of nitrogens with zero attached hydrogens (tertiary/aromatic N) is 2. The van der Waals surface area contributed by atoms with Crippen LogP contribution in [0.5, 0.6) is 0 Å². The molecule has 0 saturated carbocycles. The van der Waals surface area contributed by atoms with Crippen molar-refractivity contribution in [1.29, 1.82) is 0 Å². The van der Waals surface area contributed by atoms with E-state index in [1.54, 1.807) is 0 Å². The van der Waals surface area contributed by atoms with Gasteiger partial charge in [-0.2, -0.15) is 5.10 Å². The molecule has 0 amide bonds. The van der Waals surface area contributed by atoms with Gasteiger partial charge >= 0.3 is 0 Å². The molecule has 0 spiro atoms. The first kappa shape index (κ1) is 15.5. The van der Waals surface area contributed by atoms with Crippen LogP contribution in [0.15, 0.2) is 54.7 Å². The van der Waals surface area contributed by atoms with Crippen LogP contribution in [-0.4, -0.2) is 21.4 Å². The van der Waals surface area contributed by atoms with Crippen molar-refractivity contribution in [3.8, 4) is 0 Å². The second-order valence-electron chi connectivity index (χ2n) is 5.42. The minimum Gasteiger partial charge on any atom is -0.362 e. The summed E-state index contributed by atoms with van der Waals surface area (Å²) in [5.41, 5.74) is 1.25. The molecule has 2 aromatic carbocycles. The maximum Gasteiger partial charge on any atom is 0.171 e. The van der Waals surface area contributed by atoms with Crippen LogP contribution >= 0.6 is 12.2 Å². The van der Waals surface area contributed by atoms with Crippen LogP contribution in [0.4, 0.5) is 5.82 Å². The Labute approximate surface area is 141 Å². The van der Waals surface area contributed by atoms with Crippen molar-refractivity contribution >= 4 is 33.9 Å². The van der Waals surface area contributed by atoms with Crippen molar-refractivity contribution in [2.75, 3.05) is 11.9 Å². The summed E-state index contributed by atoms with van der Waals surface area (Å²) in [6.07, 6.45) is 3.00. The second kappa shape index (κ2) is 7.24. The summed E-state index contributed by atoms with van der Waals surface area (Å²) < 4.78 is 1.92. The third-order valence-corrected chi connectivity index (χ3v) is 3.88. The van der Waals surface area contributed by atoms with Gasteiger partial charge in [0.25, 0.3) is 0 Å². The monoisotopic (exact) mass is 324 g/mol. The van der Waals surface area contributed by atoms with E-state index in [1.807, 2.05) is 16.9 Å². The van der Waals surface area contributed by atoms with Gasteiger partial charge in [-0.1, -0.05) is 49.4 Å². The van der Waals surface area contributed by atoms with Crippen LogP contribution in [0.25, 0.3) is 10.8 Å². The van der Waals surface area contributed by atoms with Crippen LogP contribution in [0.1, 0.15) is 18.9 Å². The topological polar surface area (TPSA) is 41.9 Å². The Kier molecular flexibility index (Phi) is 4.88. The number of hydrogen-bond acceptors (Lipinski definition) is 2. The lowest BCUT2D eigenvalue weighted by Crippen LogP contribution is -2.29. The predicted octanol–water partition coefficient (Wildman–Crippen LogP) is 3.78. The zero-order chi connectivity index (χ0) is 16.1. The van der Waals surface area contributed by atoms with E-state index in [-0.39, 0.29) is 0 Å². The molecule has 2 N–H and O–H groups in total. The van der Waals surface area contributed by atoms with Crippen molar-refractivity contribution < 1.29 is 0 Å². The summed E-state index contributed by atoms with van der Waals surface area (Å²) in [4.78, 5) is 0. The first-order valence-electron chi connectivity index (χ1n) is 7.81. The summed E-state index contributed by atoms with van der Waals surface area (Å²) in [6, 6.07) is 16.7. The SMILES string of the molecule is CCCNC(=S)Nc1ccn(Cc2cccc3ccccc23)n1. The molecule has 0 aliphatic heterocycles. The lowest BCUT2D eigenvalue weighted by molar-refractivity contribution is 0.693. The zero-order valence-corrected chi connectivity index (χ0v) is 13.9. The zero-order valence-electron chi connectivity index (χ0n) is 13.1. The number of fused-ring (bicyclic) bond motifs is 1. The standard InChI is InChI=1S/C18H20N4S/c1-2-11-19-18(23)20-17-10-12-22(21-17)13-15-8-5-7-14-6-3-4-9-16(14)15/h3-10,12H,2,11,13H2,1H3,(H2,19,20,21,23). The first-order chi connectivity index (χ1) is 11.3. The molecule has 0 bridgehead atoms. The number of hydrogen-bond donors (Lipinski definition) is 2. The van der Waals surface area contributed by atoms with Crippen molar-refractivity contribution in [2.24, 2.45) is 0 Å². The maximum absolute atomic E-state index is 5.23. The molecule has 23 heavy (non-hydrogen) atoms. The van der Waals surface area contributed by atoms with Gasteiger partial charge in [-0.3, -0.25) is 4.68 Å². The number of rotatable bonds is 5. The molecular formula is C18H20N4S. The molecule has 4 nitrogen and oxygen atoms in total. The van der Waals surface area contributed by atoms with Gasteiger partial charge < -0.3 is 10.6 Å². The van der Waals surface area contributed by atoms with Gasteiger partial charge in [-0.15, -0.1) is 0 Å². The summed E-state index contributed by atoms with van der Waals surface area (Å²) in [5, 5.41) is 13.9. The molecule has 0 radical (unpaired) electrons. The number of benzene rings is 2. The van der Waals surface area contributed by atoms with Gasteiger partial charge in [0.15, 0.2) is 10.9 Å². The third-order valence-electron chi connectivity index (χ3n) is 3.63. The Bertz CT molecular complexity index is 804. The Hall–Kier alpha value is -2.40. The largest absolute Gasteiger partial charge is 0.362 e. The highest BCUT2D eigenvalue weighted by molar-refractivity contribution is 7.80. The molecule has 3 rings (SSSR count). The van der Waals surface area contributed by atoms with Crippen LogP contribution < -0.4 is 10.6 Å². The highest BCUT2D eigenvalue weighted by Gasteiger charge is 2.04. The van der Waals surface area contributed by atoms with E-state index < -0.39 is 0 Å². The van der Waals surface area contributed by atoms with Crippen molar-refractivity contribution in [2.45, 2.75) is 19.9 Å². The number of aromatic nitrogens is 2. The summed E-state index contributed by atoms with van der Waals surface area (Å²) in [7, 11) is 0. The fraction of sp³-hybridized carbons (Fsp3) is 0.222. The molecule has 0 saturated heterocycles. The van der Waals surface area contributed by atoms with E-state index in [0.717, 1.165) is 25.3 Å². The van der Waals surface area contributed by atoms with E-state index in [2.05, 4.69) is 65.1 Å². The van der Waals surface area contributed by atoms with E-state index >= 15 is 0 Å². The molecule has 0 fully saturated rings. The minimum atomic E-state index is 0.613. The van der Waals surface area contributed by atoms with E-state index in [9.17, 15) is 0 Å². The van der Waals surface area contributed by atoms with Crippen LogP contribution in [-0.2, 0) is 6.54 Å². The van der Waals surface area contributed by atoms with E-state index in [4.69, 9.17) is 12.2 Å². The molecule has 0 aliphatic rings. The molecule has 3 aromatic rings. The van der Waals surface area contributed by atoms with Gasteiger partial charge in [0.1, 0.15) is 0 Å². The van der Waals surface area contributed by atoms with Gasteiger partial charge in [0, 0.05) is 18.8 Å². The fourth-order valence-electron chi connectivity index (χ4n) is 2.52. The highest BCUT2D eigenvalue weighted by Crippen LogP contribution is 2.19. The molecule has 0 aliphatic carbocycles. The van der Waals surface area contributed by atoms with Gasteiger partial charge in [-0.25, -0.2) is 0 Å². The second-order valence-corrected chi connectivity index (χ2v) is 5.83. The first-order valence-corrected chi connectivity index (χ1v) is 8.22. The van der Waals surface area contributed by atoms with Crippen LogP contribution in [0.2, 0.25) is 0 Å². The quantitative estimate of drug-likeness (QED) is 0.701. The van der Waals surface area contributed by atoms with E-state index in [0.29, 0.717) is 5.11 Å². The van der Waals surface area contributed by atoms with Crippen molar-refractivity contribution in [3.05, 3.63) is 60.3 Å². The number of anilines is 1. The third kappa shape index (κ3) is 3.87. The highest BCUT2D eigenvalue weighted by atomic mass is 32.1. The average Bonchev–Trinajstić information content (AvgIpc) is 3.00. The molecule has 1 heterocycles. The Morgan fingerprint density at radius 2 is 1.96 bits per heavy atom. The van der Waals surface area contributed by atoms with E-state index in [1.165, 1.54) is 16.3 Å². The Balaban J connectivity index is 1.72. The normalized spacial score (nSPS) is 10.7. The van der Waals surface area contributed by atoms with Gasteiger partial charge in [-0.05, 0) is 35.0 Å². The molecule has 5 heteroatoms. The van der Waals surface area contributed by atoms with Gasteiger partial charge in [0.2, 0.25) is 0 Å². The number of nitrogens with one attached hydrogen (secondary N) is 2. The lowest BCUT2D eigenvalue weighted by Gasteiger charge is -2.08. The molecule has 0 atom stereocenters. The van der Waals surface area contributed by atoms with Gasteiger partial charge in [0.05, 0.1) is 6.54 Å².